The molecular formula is C12H13N5O3. The van der Waals surface area contributed by atoms with Crippen molar-refractivity contribution in [3.63, 3.8) is 0 Å². The summed E-state index contributed by atoms with van der Waals surface area (Å²) in [6, 6.07) is 4.37. The van der Waals surface area contributed by atoms with Crippen molar-refractivity contribution in [3.8, 4) is 11.4 Å². The van der Waals surface area contributed by atoms with E-state index in [1.807, 2.05) is 0 Å². The first-order chi connectivity index (χ1) is 9.56. The van der Waals surface area contributed by atoms with E-state index in [9.17, 15) is 14.7 Å². The normalized spacial score (nSPS) is 11.9. The van der Waals surface area contributed by atoms with E-state index in [4.69, 9.17) is 0 Å². The van der Waals surface area contributed by atoms with Crippen LogP contribution in [0.5, 0.6) is 0 Å². The van der Waals surface area contributed by atoms with E-state index in [0.29, 0.717) is 5.69 Å². The van der Waals surface area contributed by atoms with Gasteiger partial charge in [0.05, 0.1) is 5.69 Å². The molecule has 0 bridgehead atoms. The second-order valence-electron chi connectivity index (χ2n) is 4.04. The number of carbonyl (C=O) groups is 2. The number of rotatable bonds is 4. The Morgan fingerprint density at radius 1 is 1.40 bits per heavy atom. The molecule has 2 N–H and O–H groups in total. The van der Waals surface area contributed by atoms with Gasteiger partial charge in [0, 0.05) is 13.2 Å². The second kappa shape index (κ2) is 5.47. The molecule has 2 aromatic rings. The van der Waals surface area contributed by atoms with Crippen molar-refractivity contribution in [2.45, 2.75) is 13.0 Å². The van der Waals surface area contributed by atoms with Gasteiger partial charge in [0.2, 0.25) is 5.91 Å². The lowest BCUT2D eigenvalue weighted by Crippen LogP contribution is -2.29. The van der Waals surface area contributed by atoms with Crippen molar-refractivity contribution in [1.29, 1.82) is 0 Å². The Morgan fingerprint density at radius 2 is 2.15 bits per heavy atom. The summed E-state index contributed by atoms with van der Waals surface area (Å²) in [5, 5.41) is 19.0. The van der Waals surface area contributed by atoms with Crippen LogP contribution in [0.1, 0.15) is 23.5 Å². The average molecular weight is 275 g/mol. The first-order valence-corrected chi connectivity index (χ1v) is 5.87. The predicted molar refractivity (Wildman–Crippen MR) is 69.0 cm³/mol. The van der Waals surface area contributed by atoms with Crippen LogP contribution in [-0.4, -0.2) is 44.0 Å². The molecule has 1 unspecified atom stereocenters. The van der Waals surface area contributed by atoms with E-state index in [2.05, 4.69) is 20.6 Å². The highest BCUT2D eigenvalue weighted by atomic mass is 16.4. The van der Waals surface area contributed by atoms with Gasteiger partial charge in [0.1, 0.15) is 11.7 Å². The standard InChI is InChI=1S/C12H13N5O3/c1-7(11(18)13-2)17-10(8-5-3-4-6-14-8)9(12(19)20)15-16-17/h3-7H,1-2H3,(H,13,18)(H,19,20). The Kier molecular flexibility index (Phi) is 3.74. The minimum Gasteiger partial charge on any atom is -0.476 e. The van der Waals surface area contributed by atoms with Crippen LogP contribution in [0.3, 0.4) is 0 Å². The molecule has 0 aliphatic carbocycles. The Balaban J connectivity index is 2.60. The van der Waals surface area contributed by atoms with Crippen LogP contribution in [0, 0.1) is 0 Å². The highest BCUT2D eigenvalue weighted by molar-refractivity contribution is 5.92. The van der Waals surface area contributed by atoms with Crippen molar-refractivity contribution in [2.24, 2.45) is 0 Å². The van der Waals surface area contributed by atoms with E-state index >= 15 is 0 Å². The van der Waals surface area contributed by atoms with E-state index in [1.165, 1.54) is 17.9 Å². The monoisotopic (exact) mass is 275 g/mol. The first-order valence-electron chi connectivity index (χ1n) is 5.87. The van der Waals surface area contributed by atoms with Crippen molar-refractivity contribution in [1.82, 2.24) is 25.3 Å². The van der Waals surface area contributed by atoms with Crippen LogP contribution in [0.25, 0.3) is 11.4 Å². The summed E-state index contributed by atoms with van der Waals surface area (Å²) < 4.78 is 1.25. The molecule has 0 aliphatic rings. The van der Waals surface area contributed by atoms with Gasteiger partial charge in [-0.25, -0.2) is 9.48 Å². The Morgan fingerprint density at radius 3 is 2.70 bits per heavy atom. The third-order valence-corrected chi connectivity index (χ3v) is 2.80. The summed E-state index contributed by atoms with van der Waals surface area (Å²) in [5.41, 5.74) is 0.360. The van der Waals surface area contributed by atoms with Crippen molar-refractivity contribution < 1.29 is 14.7 Å². The van der Waals surface area contributed by atoms with Gasteiger partial charge in [-0.05, 0) is 19.1 Å². The lowest BCUT2D eigenvalue weighted by atomic mass is 10.2. The van der Waals surface area contributed by atoms with Gasteiger partial charge in [-0.3, -0.25) is 9.78 Å². The first kappa shape index (κ1) is 13.7. The Labute approximate surface area is 114 Å². The van der Waals surface area contributed by atoms with Gasteiger partial charge in [-0.2, -0.15) is 0 Å². The zero-order chi connectivity index (χ0) is 14.7. The van der Waals surface area contributed by atoms with Crippen LogP contribution < -0.4 is 5.32 Å². The largest absolute Gasteiger partial charge is 0.476 e. The molecule has 1 amide bonds. The summed E-state index contributed by atoms with van der Waals surface area (Å²) in [6.45, 7) is 1.60. The molecule has 0 radical (unpaired) electrons. The topological polar surface area (TPSA) is 110 Å². The van der Waals surface area contributed by atoms with Crippen molar-refractivity contribution in [2.75, 3.05) is 7.05 Å². The molecule has 2 rings (SSSR count). The molecule has 8 nitrogen and oxygen atoms in total. The molecule has 0 aromatic carbocycles. The number of aromatic carboxylic acids is 1. The molecule has 0 spiro atoms. The van der Waals surface area contributed by atoms with Gasteiger partial charge >= 0.3 is 5.97 Å². The van der Waals surface area contributed by atoms with Crippen molar-refractivity contribution in [3.05, 3.63) is 30.1 Å². The zero-order valence-electron chi connectivity index (χ0n) is 10.9. The van der Waals surface area contributed by atoms with E-state index in [1.54, 1.807) is 25.1 Å². The van der Waals surface area contributed by atoms with Crippen molar-refractivity contribution >= 4 is 11.9 Å². The summed E-state index contributed by atoms with van der Waals surface area (Å²) >= 11 is 0. The maximum absolute atomic E-state index is 11.7. The summed E-state index contributed by atoms with van der Waals surface area (Å²) in [4.78, 5) is 27.0. The van der Waals surface area contributed by atoms with E-state index in [-0.39, 0.29) is 17.3 Å². The zero-order valence-corrected chi connectivity index (χ0v) is 10.9. The average Bonchev–Trinajstić information content (AvgIpc) is 2.91. The number of pyridine rings is 1. The second-order valence-corrected chi connectivity index (χ2v) is 4.04. The molecule has 104 valence electrons. The fourth-order valence-corrected chi connectivity index (χ4v) is 1.77. The fraction of sp³-hybridized carbons (Fsp3) is 0.250. The van der Waals surface area contributed by atoms with Crippen LogP contribution in [0.2, 0.25) is 0 Å². The van der Waals surface area contributed by atoms with Gasteiger partial charge in [0.15, 0.2) is 5.69 Å². The lowest BCUT2D eigenvalue weighted by molar-refractivity contribution is -0.123. The molecule has 0 saturated heterocycles. The minimum absolute atomic E-state index is 0.203. The summed E-state index contributed by atoms with van der Waals surface area (Å²) in [5.74, 6) is -1.52. The van der Waals surface area contributed by atoms with Crippen LogP contribution in [0.4, 0.5) is 0 Å². The molecule has 20 heavy (non-hydrogen) atoms. The Bertz CT molecular complexity index is 638. The number of amides is 1. The lowest BCUT2D eigenvalue weighted by Gasteiger charge is -2.13. The number of hydrogen-bond acceptors (Lipinski definition) is 5. The molecule has 0 fully saturated rings. The number of likely N-dealkylation sites (N-methyl/N-ethyl adjacent to an activating group) is 1. The smallest absolute Gasteiger partial charge is 0.358 e. The highest BCUT2D eigenvalue weighted by Crippen LogP contribution is 2.23. The Hall–Kier alpha value is -2.77. The molecule has 0 saturated carbocycles. The van der Waals surface area contributed by atoms with Crippen LogP contribution in [0.15, 0.2) is 24.4 Å². The van der Waals surface area contributed by atoms with E-state index in [0.717, 1.165) is 0 Å². The SMILES string of the molecule is CNC(=O)C(C)n1nnc(C(=O)O)c1-c1ccccn1. The molecule has 2 heterocycles. The van der Waals surface area contributed by atoms with Gasteiger partial charge < -0.3 is 10.4 Å². The third kappa shape index (κ3) is 2.35. The summed E-state index contributed by atoms with van der Waals surface area (Å²) in [6.07, 6.45) is 1.53. The molecule has 8 heteroatoms. The number of carboxylic acid groups (broad SMARTS) is 1. The number of nitrogens with zero attached hydrogens (tertiary/aromatic N) is 4. The highest BCUT2D eigenvalue weighted by Gasteiger charge is 2.26. The number of carbonyl (C=O) groups excluding carboxylic acids is 1. The van der Waals surface area contributed by atoms with E-state index < -0.39 is 12.0 Å². The predicted octanol–water partition coefficient (Wildman–Crippen LogP) is 0.345. The maximum atomic E-state index is 11.7. The number of nitrogens with one attached hydrogen (secondary N) is 1. The number of hydrogen-bond donors (Lipinski definition) is 2. The van der Waals surface area contributed by atoms with Crippen LogP contribution in [-0.2, 0) is 4.79 Å². The number of carboxylic acids is 1. The minimum atomic E-state index is -1.22. The molecule has 2 aromatic heterocycles. The molecule has 0 aliphatic heterocycles. The molecular weight excluding hydrogens is 262 g/mol. The van der Waals surface area contributed by atoms with Gasteiger partial charge in [-0.1, -0.05) is 11.3 Å². The van der Waals surface area contributed by atoms with Gasteiger partial charge in [0.25, 0.3) is 0 Å². The summed E-state index contributed by atoms with van der Waals surface area (Å²) in [7, 11) is 1.49. The third-order valence-electron chi connectivity index (χ3n) is 2.80. The maximum Gasteiger partial charge on any atom is 0.358 e. The number of aromatic nitrogens is 4. The fourth-order valence-electron chi connectivity index (χ4n) is 1.77. The quantitative estimate of drug-likeness (QED) is 0.832. The van der Waals surface area contributed by atoms with Crippen LogP contribution >= 0.6 is 0 Å². The molecule has 1 atom stereocenters. The van der Waals surface area contributed by atoms with Gasteiger partial charge in [-0.15, -0.1) is 5.10 Å².